The largest absolute Gasteiger partial charge is 0.314 e. The van der Waals surface area contributed by atoms with E-state index in [-0.39, 0.29) is 0 Å². The van der Waals surface area contributed by atoms with Crippen LogP contribution in [0.5, 0.6) is 0 Å². The molecule has 0 aromatic rings. The van der Waals surface area contributed by atoms with Gasteiger partial charge in [0.1, 0.15) is 0 Å². The molecule has 0 spiro atoms. The van der Waals surface area contributed by atoms with Crippen molar-refractivity contribution in [1.29, 1.82) is 0 Å². The van der Waals surface area contributed by atoms with E-state index in [0.29, 0.717) is 0 Å². The third kappa shape index (κ3) is 2.70. The predicted octanol–water partition coefficient (Wildman–Crippen LogP) is 2.95. The molecule has 2 rings (SSSR count). The normalized spacial score (nSPS) is 25.6. The minimum Gasteiger partial charge on any atom is -0.314 e. The molecule has 2 saturated carbocycles. The zero-order valence-electron chi connectivity index (χ0n) is 8.89. The fourth-order valence-corrected chi connectivity index (χ4v) is 2.36. The maximum Gasteiger partial charge on any atom is 0.00979 e. The summed E-state index contributed by atoms with van der Waals surface area (Å²) in [5.41, 5.74) is 0. The van der Waals surface area contributed by atoms with Crippen molar-refractivity contribution in [2.75, 3.05) is 6.54 Å². The highest BCUT2D eigenvalue weighted by atomic mass is 14.9. The number of rotatable bonds is 6. The highest BCUT2D eigenvalue weighted by Crippen LogP contribution is 2.39. The van der Waals surface area contributed by atoms with Gasteiger partial charge in [0, 0.05) is 6.04 Å². The van der Waals surface area contributed by atoms with E-state index in [1.165, 1.54) is 51.5 Å². The monoisotopic (exact) mass is 181 g/mol. The van der Waals surface area contributed by atoms with E-state index in [1.54, 1.807) is 0 Å². The fourth-order valence-electron chi connectivity index (χ4n) is 2.36. The van der Waals surface area contributed by atoms with Crippen LogP contribution in [0.3, 0.4) is 0 Å². The molecule has 1 atom stereocenters. The Morgan fingerprint density at radius 2 is 2.00 bits per heavy atom. The van der Waals surface area contributed by atoms with Crippen LogP contribution in [0.25, 0.3) is 0 Å². The molecule has 1 N–H and O–H groups in total. The summed E-state index contributed by atoms with van der Waals surface area (Å²) in [4.78, 5) is 0. The third-order valence-electron chi connectivity index (χ3n) is 3.66. The first-order valence-electron chi connectivity index (χ1n) is 6.13. The lowest BCUT2D eigenvalue weighted by Gasteiger charge is -2.30. The topological polar surface area (TPSA) is 12.0 Å². The highest BCUT2D eigenvalue weighted by Gasteiger charge is 2.33. The summed E-state index contributed by atoms with van der Waals surface area (Å²) < 4.78 is 0. The molecule has 2 fully saturated rings. The van der Waals surface area contributed by atoms with Crippen LogP contribution >= 0.6 is 0 Å². The standard InChI is InChI=1S/C12H23N/c1-2-8-13-12(11-6-7-11)9-10-4-3-5-10/h10-13H,2-9H2,1H3. The van der Waals surface area contributed by atoms with Gasteiger partial charge in [0.05, 0.1) is 0 Å². The summed E-state index contributed by atoms with van der Waals surface area (Å²) in [5.74, 6) is 2.13. The molecule has 0 heterocycles. The molecule has 0 aromatic carbocycles. The molecule has 0 bridgehead atoms. The Balaban J connectivity index is 1.68. The van der Waals surface area contributed by atoms with Crippen molar-refractivity contribution in [2.45, 2.75) is 57.9 Å². The minimum absolute atomic E-state index is 0.880. The van der Waals surface area contributed by atoms with Crippen molar-refractivity contribution < 1.29 is 0 Å². The Labute approximate surface area is 82.3 Å². The number of hydrogen-bond donors (Lipinski definition) is 1. The average molecular weight is 181 g/mol. The van der Waals surface area contributed by atoms with Gasteiger partial charge in [-0.05, 0) is 44.1 Å². The number of hydrogen-bond acceptors (Lipinski definition) is 1. The van der Waals surface area contributed by atoms with Gasteiger partial charge in [0.25, 0.3) is 0 Å². The first kappa shape index (κ1) is 9.51. The SMILES string of the molecule is CCCNC(CC1CCC1)C1CC1. The molecule has 0 radical (unpaired) electrons. The van der Waals surface area contributed by atoms with Crippen LogP contribution in [0, 0.1) is 11.8 Å². The summed E-state index contributed by atoms with van der Waals surface area (Å²) in [6.07, 6.45) is 10.3. The second kappa shape index (κ2) is 4.45. The van der Waals surface area contributed by atoms with Crippen LogP contribution in [0.15, 0.2) is 0 Å². The second-order valence-corrected chi connectivity index (χ2v) is 4.93. The maximum absolute atomic E-state index is 3.73. The van der Waals surface area contributed by atoms with Gasteiger partial charge in [-0.25, -0.2) is 0 Å². The first-order valence-corrected chi connectivity index (χ1v) is 6.13. The first-order chi connectivity index (χ1) is 6.40. The van der Waals surface area contributed by atoms with Crippen LogP contribution in [0.1, 0.15) is 51.9 Å². The molecule has 0 aromatic heterocycles. The molecule has 0 amide bonds. The lowest BCUT2D eigenvalue weighted by molar-refractivity contribution is 0.248. The second-order valence-electron chi connectivity index (χ2n) is 4.93. The summed E-state index contributed by atoms with van der Waals surface area (Å²) in [6, 6.07) is 0.880. The quantitative estimate of drug-likeness (QED) is 0.664. The Kier molecular flexibility index (Phi) is 3.26. The minimum atomic E-state index is 0.880. The molecule has 1 nitrogen and oxygen atoms in total. The van der Waals surface area contributed by atoms with Crippen molar-refractivity contribution in [3.05, 3.63) is 0 Å². The van der Waals surface area contributed by atoms with Crippen LogP contribution in [0.4, 0.5) is 0 Å². The average Bonchev–Trinajstić information content (AvgIpc) is 2.84. The molecular weight excluding hydrogens is 158 g/mol. The summed E-state index contributed by atoms with van der Waals surface area (Å²) in [7, 11) is 0. The molecule has 76 valence electrons. The van der Waals surface area contributed by atoms with Crippen molar-refractivity contribution in [1.82, 2.24) is 5.32 Å². The van der Waals surface area contributed by atoms with Gasteiger partial charge in [-0.1, -0.05) is 26.2 Å². The Morgan fingerprint density at radius 3 is 2.46 bits per heavy atom. The summed E-state index contributed by atoms with van der Waals surface area (Å²) in [6.45, 7) is 3.49. The van der Waals surface area contributed by atoms with E-state index in [9.17, 15) is 0 Å². The van der Waals surface area contributed by atoms with Crippen LogP contribution in [0.2, 0.25) is 0 Å². The molecule has 2 aliphatic carbocycles. The maximum atomic E-state index is 3.73. The summed E-state index contributed by atoms with van der Waals surface area (Å²) in [5, 5.41) is 3.73. The van der Waals surface area contributed by atoms with E-state index >= 15 is 0 Å². The molecule has 13 heavy (non-hydrogen) atoms. The smallest absolute Gasteiger partial charge is 0.00979 e. The molecular formula is C12H23N. The van der Waals surface area contributed by atoms with Crippen LogP contribution in [-0.2, 0) is 0 Å². The molecule has 1 unspecified atom stereocenters. The molecule has 2 aliphatic rings. The van der Waals surface area contributed by atoms with Crippen molar-refractivity contribution in [3.63, 3.8) is 0 Å². The van der Waals surface area contributed by atoms with Crippen LogP contribution in [-0.4, -0.2) is 12.6 Å². The van der Waals surface area contributed by atoms with Crippen molar-refractivity contribution >= 4 is 0 Å². The predicted molar refractivity (Wildman–Crippen MR) is 56.8 cm³/mol. The number of nitrogens with one attached hydrogen (secondary N) is 1. The molecule has 0 aliphatic heterocycles. The zero-order chi connectivity index (χ0) is 9.10. The van der Waals surface area contributed by atoms with Gasteiger partial charge in [-0.15, -0.1) is 0 Å². The Bertz CT molecular complexity index is 147. The van der Waals surface area contributed by atoms with Crippen molar-refractivity contribution in [3.8, 4) is 0 Å². The van der Waals surface area contributed by atoms with Gasteiger partial charge in [-0.2, -0.15) is 0 Å². The third-order valence-corrected chi connectivity index (χ3v) is 3.66. The Morgan fingerprint density at radius 1 is 1.23 bits per heavy atom. The lowest BCUT2D eigenvalue weighted by atomic mass is 9.80. The zero-order valence-corrected chi connectivity index (χ0v) is 8.89. The lowest BCUT2D eigenvalue weighted by Crippen LogP contribution is -2.35. The molecule has 1 heteroatoms. The molecule has 0 saturated heterocycles. The van der Waals surface area contributed by atoms with Gasteiger partial charge in [0.2, 0.25) is 0 Å². The highest BCUT2D eigenvalue weighted by molar-refractivity contribution is 4.89. The van der Waals surface area contributed by atoms with Gasteiger partial charge in [-0.3, -0.25) is 0 Å². The van der Waals surface area contributed by atoms with E-state index in [1.807, 2.05) is 0 Å². The van der Waals surface area contributed by atoms with Gasteiger partial charge in [0.15, 0.2) is 0 Å². The Hall–Kier alpha value is -0.0400. The summed E-state index contributed by atoms with van der Waals surface area (Å²) >= 11 is 0. The van der Waals surface area contributed by atoms with E-state index in [2.05, 4.69) is 12.2 Å². The van der Waals surface area contributed by atoms with E-state index in [4.69, 9.17) is 0 Å². The van der Waals surface area contributed by atoms with E-state index < -0.39 is 0 Å². The van der Waals surface area contributed by atoms with Gasteiger partial charge >= 0.3 is 0 Å². The van der Waals surface area contributed by atoms with Crippen molar-refractivity contribution in [2.24, 2.45) is 11.8 Å². The van der Waals surface area contributed by atoms with E-state index in [0.717, 1.165) is 17.9 Å². The van der Waals surface area contributed by atoms with Gasteiger partial charge < -0.3 is 5.32 Å². The fraction of sp³-hybridized carbons (Fsp3) is 1.00. The van der Waals surface area contributed by atoms with Crippen LogP contribution < -0.4 is 5.32 Å².